The first kappa shape index (κ1) is 13.8. The molecule has 0 aromatic heterocycles. The molecule has 2 rings (SSSR count). The number of hydrogen-bond donors (Lipinski definition) is 1. The van der Waals surface area contributed by atoms with Crippen molar-refractivity contribution in [2.45, 2.75) is 44.6 Å². The Kier molecular flexibility index (Phi) is 4.28. The third-order valence-electron chi connectivity index (χ3n) is 4.69. The molecule has 104 valence electrons. The molecule has 1 amide bonds. The highest BCUT2D eigenvalue weighted by Crippen LogP contribution is 2.46. The molecule has 0 atom stereocenters. The Labute approximate surface area is 110 Å². The van der Waals surface area contributed by atoms with Crippen LogP contribution in [-0.2, 0) is 4.79 Å². The maximum atomic E-state index is 12.1. The summed E-state index contributed by atoms with van der Waals surface area (Å²) in [4.78, 5) is 16.3. The zero-order valence-corrected chi connectivity index (χ0v) is 11.7. The number of nitrogens with zero attached hydrogens (tertiary/aromatic N) is 2. The zero-order valence-electron chi connectivity index (χ0n) is 11.7. The van der Waals surface area contributed by atoms with Gasteiger partial charge in [-0.1, -0.05) is 12.8 Å². The second-order valence-electron chi connectivity index (χ2n) is 6.08. The summed E-state index contributed by atoms with van der Waals surface area (Å²) in [6.07, 6.45) is 6.99. The van der Waals surface area contributed by atoms with E-state index in [9.17, 15) is 9.90 Å². The zero-order chi connectivity index (χ0) is 13.2. The van der Waals surface area contributed by atoms with Crippen LogP contribution in [0.1, 0.15) is 38.5 Å². The van der Waals surface area contributed by atoms with Crippen LogP contribution < -0.4 is 0 Å². The molecule has 0 aliphatic heterocycles. The number of carbonyl (C=O) groups is 1. The van der Waals surface area contributed by atoms with Crippen molar-refractivity contribution in [2.24, 2.45) is 5.41 Å². The van der Waals surface area contributed by atoms with Crippen LogP contribution in [0, 0.1) is 5.41 Å². The summed E-state index contributed by atoms with van der Waals surface area (Å²) >= 11 is 0. The number of aliphatic hydroxyl groups is 1. The average Bonchev–Trinajstić information content (AvgIpc) is 3.00. The van der Waals surface area contributed by atoms with E-state index < -0.39 is 5.41 Å². The van der Waals surface area contributed by atoms with Gasteiger partial charge >= 0.3 is 0 Å². The molecule has 0 aromatic rings. The smallest absolute Gasteiger partial charge is 0.230 e. The van der Waals surface area contributed by atoms with Gasteiger partial charge in [0.25, 0.3) is 0 Å². The van der Waals surface area contributed by atoms with Gasteiger partial charge in [-0.2, -0.15) is 0 Å². The number of hydrogen-bond acceptors (Lipinski definition) is 3. The van der Waals surface area contributed by atoms with E-state index in [0.29, 0.717) is 6.04 Å². The minimum absolute atomic E-state index is 0.00857. The minimum Gasteiger partial charge on any atom is -0.395 e. The molecule has 4 heteroatoms. The Morgan fingerprint density at radius 3 is 2.33 bits per heavy atom. The third-order valence-corrected chi connectivity index (χ3v) is 4.69. The highest BCUT2D eigenvalue weighted by atomic mass is 16.3. The molecule has 2 fully saturated rings. The lowest BCUT2D eigenvalue weighted by Crippen LogP contribution is -2.42. The summed E-state index contributed by atoms with van der Waals surface area (Å²) in [5, 5.41) is 9.27. The average molecular weight is 254 g/mol. The highest BCUT2D eigenvalue weighted by Gasteiger charge is 2.50. The van der Waals surface area contributed by atoms with Crippen molar-refractivity contribution >= 4 is 5.91 Å². The number of aliphatic hydroxyl groups excluding tert-OH is 1. The fourth-order valence-corrected chi connectivity index (χ4v) is 2.93. The molecule has 2 saturated carbocycles. The molecule has 1 N–H and O–H groups in total. The van der Waals surface area contributed by atoms with E-state index in [2.05, 4.69) is 11.9 Å². The van der Waals surface area contributed by atoms with Crippen molar-refractivity contribution in [1.82, 2.24) is 9.80 Å². The second-order valence-corrected chi connectivity index (χ2v) is 6.08. The highest BCUT2D eigenvalue weighted by molar-refractivity contribution is 5.85. The summed E-state index contributed by atoms with van der Waals surface area (Å²) in [7, 11) is 4.02. The lowest BCUT2D eigenvalue weighted by molar-refractivity contribution is -0.137. The largest absolute Gasteiger partial charge is 0.395 e. The van der Waals surface area contributed by atoms with Gasteiger partial charge in [0, 0.05) is 26.2 Å². The maximum absolute atomic E-state index is 12.1. The van der Waals surface area contributed by atoms with Crippen LogP contribution in [0.4, 0.5) is 0 Å². The van der Waals surface area contributed by atoms with Crippen LogP contribution in [0.3, 0.4) is 0 Å². The molecule has 2 aliphatic carbocycles. The molecule has 0 spiro atoms. The van der Waals surface area contributed by atoms with Gasteiger partial charge in [0.1, 0.15) is 0 Å². The van der Waals surface area contributed by atoms with Gasteiger partial charge in [-0.3, -0.25) is 4.79 Å². The van der Waals surface area contributed by atoms with Gasteiger partial charge in [0.2, 0.25) is 5.91 Å². The first-order valence-electron chi connectivity index (χ1n) is 7.16. The lowest BCUT2D eigenvalue weighted by Gasteiger charge is -2.28. The number of rotatable bonds is 6. The van der Waals surface area contributed by atoms with Crippen molar-refractivity contribution in [3.05, 3.63) is 0 Å². The molecular weight excluding hydrogens is 228 g/mol. The van der Waals surface area contributed by atoms with Crippen molar-refractivity contribution in [3.8, 4) is 0 Å². The predicted molar refractivity (Wildman–Crippen MR) is 71.3 cm³/mol. The molecule has 0 unspecified atom stereocenters. The molecule has 0 radical (unpaired) electrons. The van der Waals surface area contributed by atoms with E-state index in [1.165, 1.54) is 25.7 Å². The second kappa shape index (κ2) is 5.57. The van der Waals surface area contributed by atoms with Gasteiger partial charge in [0.05, 0.1) is 12.0 Å². The van der Waals surface area contributed by atoms with Crippen LogP contribution >= 0.6 is 0 Å². The maximum Gasteiger partial charge on any atom is 0.230 e. The van der Waals surface area contributed by atoms with Crippen molar-refractivity contribution in [1.29, 1.82) is 0 Å². The van der Waals surface area contributed by atoms with Crippen LogP contribution in [0.5, 0.6) is 0 Å². The van der Waals surface area contributed by atoms with E-state index in [1.807, 2.05) is 7.05 Å². The topological polar surface area (TPSA) is 43.8 Å². The van der Waals surface area contributed by atoms with Crippen molar-refractivity contribution < 1.29 is 9.90 Å². The van der Waals surface area contributed by atoms with E-state index >= 15 is 0 Å². The molecule has 2 aliphatic rings. The van der Waals surface area contributed by atoms with Gasteiger partial charge in [0.15, 0.2) is 0 Å². The quantitative estimate of drug-likeness (QED) is 0.772. The van der Waals surface area contributed by atoms with E-state index in [4.69, 9.17) is 0 Å². The summed E-state index contributed by atoms with van der Waals surface area (Å²) in [6, 6.07) is 0.709. The fraction of sp³-hybridized carbons (Fsp3) is 0.929. The fourth-order valence-electron chi connectivity index (χ4n) is 2.93. The van der Waals surface area contributed by atoms with E-state index in [-0.39, 0.29) is 12.5 Å². The Bertz CT molecular complexity index is 296. The minimum atomic E-state index is -0.416. The molecule has 18 heavy (non-hydrogen) atoms. The SMILES string of the molecule is CN(CCN(C)C1CCCC1)C(=O)C1(CO)CC1. The van der Waals surface area contributed by atoms with E-state index in [0.717, 1.165) is 25.9 Å². The monoisotopic (exact) mass is 254 g/mol. The summed E-state index contributed by atoms with van der Waals surface area (Å²) in [5.74, 6) is 0.129. The Hall–Kier alpha value is -0.610. The summed E-state index contributed by atoms with van der Waals surface area (Å²) in [6.45, 7) is 1.72. The van der Waals surface area contributed by atoms with Crippen LogP contribution in [0.15, 0.2) is 0 Å². The number of likely N-dealkylation sites (N-methyl/N-ethyl adjacent to an activating group) is 2. The van der Waals surface area contributed by atoms with Gasteiger partial charge in [-0.05, 0) is 32.7 Å². The number of amides is 1. The standard InChI is InChI=1S/C14H26N2O2/c1-15(12-5-3-4-6-12)9-10-16(2)13(18)14(11-17)7-8-14/h12,17H,3-11H2,1-2H3. The molecular formula is C14H26N2O2. The normalized spacial score (nSPS) is 22.4. The molecule has 0 heterocycles. The van der Waals surface area contributed by atoms with Gasteiger partial charge in [-0.25, -0.2) is 0 Å². The Morgan fingerprint density at radius 2 is 1.83 bits per heavy atom. The van der Waals surface area contributed by atoms with Crippen LogP contribution in [0.25, 0.3) is 0 Å². The van der Waals surface area contributed by atoms with Crippen LogP contribution in [0.2, 0.25) is 0 Å². The van der Waals surface area contributed by atoms with Crippen LogP contribution in [-0.4, -0.2) is 60.6 Å². The van der Waals surface area contributed by atoms with E-state index in [1.54, 1.807) is 4.90 Å². The Morgan fingerprint density at radius 1 is 1.22 bits per heavy atom. The predicted octanol–water partition coefficient (Wildman–Crippen LogP) is 1.09. The molecule has 0 saturated heterocycles. The molecule has 0 aromatic carbocycles. The third kappa shape index (κ3) is 2.86. The summed E-state index contributed by atoms with van der Waals surface area (Å²) in [5.41, 5.74) is -0.416. The summed E-state index contributed by atoms with van der Waals surface area (Å²) < 4.78 is 0. The lowest BCUT2D eigenvalue weighted by atomic mass is 10.1. The van der Waals surface area contributed by atoms with Crippen molar-refractivity contribution in [3.63, 3.8) is 0 Å². The first-order chi connectivity index (χ1) is 8.59. The first-order valence-corrected chi connectivity index (χ1v) is 7.16. The van der Waals surface area contributed by atoms with Crippen molar-refractivity contribution in [2.75, 3.05) is 33.8 Å². The molecule has 4 nitrogen and oxygen atoms in total. The van der Waals surface area contributed by atoms with Gasteiger partial charge < -0.3 is 14.9 Å². The Balaban J connectivity index is 1.74. The number of carbonyl (C=O) groups excluding carboxylic acids is 1. The van der Waals surface area contributed by atoms with Gasteiger partial charge in [-0.15, -0.1) is 0 Å². The molecule has 0 bridgehead atoms.